The molecule has 2 rings (SSSR count). The third-order valence-corrected chi connectivity index (χ3v) is 4.37. The molecule has 6 heteroatoms. The molecular weight excluding hydrogens is 318 g/mol. The summed E-state index contributed by atoms with van der Waals surface area (Å²) in [5, 5.41) is 2.71. The minimum absolute atomic E-state index is 0.0150. The van der Waals surface area contributed by atoms with Gasteiger partial charge in [0.25, 0.3) is 0 Å². The SMILES string of the molecule is CNC(=O)C1CN(Cc2ccc(OC(C)C)cc2)CCN(C(C)=O)C1. The van der Waals surface area contributed by atoms with Gasteiger partial charge >= 0.3 is 0 Å². The quantitative estimate of drug-likeness (QED) is 0.877. The second-order valence-corrected chi connectivity index (χ2v) is 6.82. The van der Waals surface area contributed by atoms with E-state index in [4.69, 9.17) is 4.74 Å². The van der Waals surface area contributed by atoms with Gasteiger partial charge in [0.1, 0.15) is 5.75 Å². The van der Waals surface area contributed by atoms with Gasteiger partial charge in [-0.25, -0.2) is 0 Å². The molecule has 6 nitrogen and oxygen atoms in total. The lowest BCUT2D eigenvalue weighted by atomic mass is 10.1. The Morgan fingerprint density at radius 3 is 2.44 bits per heavy atom. The average molecular weight is 347 g/mol. The van der Waals surface area contributed by atoms with Gasteiger partial charge in [0.05, 0.1) is 12.0 Å². The molecular formula is C19H29N3O3. The van der Waals surface area contributed by atoms with Crippen LogP contribution in [0.25, 0.3) is 0 Å². The van der Waals surface area contributed by atoms with Crippen LogP contribution in [0.1, 0.15) is 26.3 Å². The van der Waals surface area contributed by atoms with E-state index in [0.717, 1.165) is 18.8 Å². The van der Waals surface area contributed by atoms with Crippen molar-refractivity contribution in [2.24, 2.45) is 5.92 Å². The van der Waals surface area contributed by atoms with E-state index in [1.165, 1.54) is 5.56 Å². The van der Waals surface area contributed by atoms with E-state index in [1.54, 1.807) is 18.9 Å². The molecule has 1 aliphatic rings. The summed E-state index contributed by atoms with van der Waals surface area (Å²) < 4.78 is 5.67. The predicted molar refractivity (Wildman–Crippen MR) is 97.3 cm³/mol. The molecule has 1 heterocycles. The zero-order valence-electron chi connectivity index (χ0n) is 15.6. The number of rotatable bonds is 5. The van der Waals surface area contributed by atoms with Gasteiger partial charge in [-0.15, -0.1) is 0 Å². The molecule has 1 aromatic carbocycles. The van der Waals surface area contributed by atoms with E-state index in [9.17, 15) is 9.59 Å². The maximum absolute atomic E-state index is 12.1. The maximum Gasteiger partial charge on any atom is 0.225 e. The zero-order chi connectivity index (χ0) is 18.4. The van der Waals surface area contributed by atoms with E-state index in [0.29, 0.717) is 19.6 Å². The smallest absolute Gasteiger partial charge is 0.225 e. The molecule has 0 spiro atoms. The van der Waals surface area contributed by atoms with Gasteiger partial charge in [0, 0.05) is 46.7 Å². The summed E-state index contributed by atoms with van der Waals surface area (Å²) in [7, 11) is 1.64. The van der Waals surface area contributed by atoms with Crippen LogP contribution in [0.2, 0.25) is 0 Å². The van der Waals surface area contributed by atoms with E-state index < -0.39 is 0 Å². The molecule has 1 saturated heterocycles. The summed E-state index contributed by atoms with van der Waals surface area (Å²) in [5.74, 6) is 0.658. The maximum atomic E-state index is 12.1. The molecule has 2 amide bonds. The van der Waals surface area contributed by atoms with Crippen molar-refractivity contribution in [3.63, 3.8) is 0 Å². The molecule has 1 aromatic rings. The molecule has 25 heavy (non-hydrogen) atoms. The molecule has 0 radical (unpaired) electrons. The summed E-state index contributed by atoms with van der Waals surface area (Å²) in [6.45, 7) is 8.86. The number of hydrogen-bond acceptors (Lipinski definition) is 4. The highest BCUT2D eigenvalue weighted by Gasteiger charge is 2.28. The highest BCUT2D eigenvalue weighted by atomic mass is 16.5. The fourth-order valence-electron chi connectivity index (χ4n) is 3.08. The first-order valence-electron chi connectivity index (χ1n) is 8.84. The Kier molecular flexibility index (Phi) is 6.82. The normalized spacial score (nSPS) is 18.8. The second kappa shape index (κ2) is 8.85. The molecule has 0 saturated carbocycles. The number of nitrogens with zero attached hydrogens (tertiary/aromatic N) is 2. The third-order valence-electron chi connectivity index (χ3n) is 4.37. The predicted octanol–water partition coefficient (Wildman–Crippen LogP) is 1.50. The molecule has 1 fully saturated rings. The number of benzene rings is 1. The fraction of sp³-hybridized carbons (Fsp3) is 0.579. The highest BCUT2D eigenvalue weighted by Crippen LogP contribution is 2.17. The molecule has 1 atom stereocenters. The number of nitrogens with one attached hydrogen (secondary N) is 1. The van der Waals surface area contributed by atoms with Crippen LogP contribution in [-0.2, 0) is 16.1 Å². The van der Waals surface area contributed by atoms with Crippen molar-refractivity contribution < 1.29 is 14.3 Å². The largest absolute Gasteiger partial charge is 0.491 e. The van der Waals surface area contributed by atoms with Crippen molar-refractivity contribution in [2.75, 3.05) is 33.2 Å². The first-order chi connectivity index (χ1) is 11.9. The van der Waals surface area contributed by atoms with Crippen molar-refractivity contribution in [3.8, 4) is 5.75 Å². The van der Waals surface area contributed by atoms with Crippen LogP contribution >= 0.6 is 0 Å². The Hall–Kier alpha value is -2.08. The molecule has 1 aliphatic heterocycles. The van der Waals surface area contributed by atoms with E-state index in [2.05, 4.69) is 22.3 Å². The third kappa shape index (κ3) is 5.74. The number of hydrogen-bond donors (Lipinski definition) is 1. The van der Waals surface area contributed by atoms with Crippen LogP contribution in [-0.4, -0.2) is 60.9 Å². The van der Waals surface area contributed by atoms with Crippen LogP contribution in [0.3, 0.4) is 0 Å². The Labute approximate surface area is 150 Å². The Bertz CT molecular complexity index is 586. The standard InChI is InChI=1S/C19H29N3O3/c1-14(2)25-18-7-5-16(6-8-18)11-21-9-10-22(15(3)23)13-17(12-21)19(24)20-4/h5-8,14,17H,9-13H2,1-4H3,(H,20,24). The van der Waals surface area contributed by atoms with Gasteiger partial charge in [-0.05, 0) is 31.5 Å². The van der Waals surface area contributed by atoms with Crippen molar-refractivity contribution in [1.82, 2.24) is 15.1 Å². The monoisotopic (exact) mass is 347 g/mol. The first kappa shape index (κ1) is 19.2. The van der Waals surface area contributed by atoms with Crippen molar-refractivity contribution in [1.29, 1.82) is 0 Å². The van der Waals surface area contributed by atoms with Crippen LogP contribution in [0.5, 0.6) is 5.75 Å². The van der Waals surface area contributed by atoms with E-state index >= 15 is 0 Å². The molecule has 1 unspecified atom stereocenters. The average Bonchev–Trinajstić information content (AvgIpc) is 2.78. The van der Waals surface area contributed by atoms with Gasteiger partial charge in [0.15, 0.2) is 0 Å². The fourth-order valence-corrected chi connectivity index (χ4v) is 3.08. The summed E-state index contributed by atoms with van der Waals surface area (Å²) in [6.07, 6.45) is 0.155. The second-order valence-electron chi connectivity index (χ2n) is 6.82. The highest BCUT2D eigenvalue weighted by molar-refractivity contribution is 5.80. The lowest BCUT2D eigenvalue weighted by Crippen LogP contribution is -2.40. The van der Waals surface area contributed by atoms with Crippen LogP contribution in [0.15, 0.2) is 24.3 Å². The van der Waals surface area contributed by atoms with Crippen molar-refractivity contribution in [2.45, 2.75) is 33.4 Å². The Balaban J connectivity index is 2.04. The summed E-state index contributed by atoms with van der Waals surface area (Å²) in [6, 6.07) is 8.07. The molecule has 0 aliphatic carbocycles. The van der Waals surface area contributed by atoms with Crippen LogP contribution < -0.4 is 10.1 Å². The Morgan fingerprint density at radius 1 is 1.20 bits per heavy atom. The number of amides is 2. The van der Waals surface area contributed by atoms with E-state index in [1.807, 2.05) is 26.0 Å². The van der Waals surface area contributed by atoms with Crippen LogP contribution in [0, 0.1) is 5.92 Å². The molecule has 0 aromatic heterocycles. The minimum atomic E-state index is -0.208. The summed E-state index contributed by atoms with van der Waals surface area (Å²) in [4.78, 5) is 27.9. The van der Waals surface area contributed by atoms with Gasteiger partial charge in [-0.1, -0.05) is 12.1 Å². The molecule has 138 valence electrons. The zero-order valence-corrected chi connectivity index (χ0v) is 15.6. The van der Waals surface area contributed by atoms with E-state index in [-0.39, 0.29) is 23.8 Å². The van der Waals surface area contributed by atoms with Gasteiger partial charge < -0.3 is 15.0 Å². The topological polar surface area (TPSA) is 61.9 Å². The lowest BCUT2D eigenvalue weighted by molar-refractivity contribution is -0.130. The van der Waals surface area contributed by atoms with Gasteiger partial charge in [-0.3, -0.25) is 14.5 Å². The Morgan fingerprint density at radius 2 is 1.88 bits per heavy atom. The van der Waals surface area contributed by atoms with Crippen molar-refractivity contribution in [3.05, 3.63) is 29.8 Å². The molecule has 1 N–H and O–H groups in total. The number of carbonyl (C=O) groups is 2. The van der Waals surface area contributed by atoms with Gasteiger partial charge in [-0.2, -0.15) is 0 Å². The number of carbonyl (C=O) groups excluding carboxylic acids is 2. The minimum Gasteiger partial charge on any atom is -0.491 e. The van der Waals surface area contributed by atoms with Crippen LogP contribution in [0.4, 0.5) is 0 Å². The van der Waals surface area contributed by atoms with Crippen molar-refractivity contribution >= 4 is 11.8 Å². The molecule has 0 bridgehead atoms. The first-order valence-corrected chi connectivity index (χ1v) is 8.84. The number of ether oxygens (including phenoxy) is 1. The lowest BCUT2D eigenvalue weighted by Gasteiger charge is -2.23. The van der Waals surface area contributed by atoms with Gasteiger partial charge in [0.2, 0.25) is 11.8 Å². The summed E-state index contributed by atoms with van der Waals surface area (Å²) >= 11 is 0. The summed E-state index contributed by atoms with van der Waals surface area (Å²) in [5.41, 5.74) is 1.17.